The Labute approximate surface area is 210 Å². The van der Waals surface area contributed by atoms with Gasteiger partial charge in [-0.25, -0.2) is 4.39 Å². The molecule has 3 fully saturated rings. The Morgan fingerprint density at radius 1 is 0.971 bits per heavy atom. The van der Waals surface area contributed by atoms with Crippen LogP contribution in [0.25, 0.3) is 0 Å². The number of likely N-dealkylation sites (tertiary alicyclic amines) is 1. The molecule has 1 aromatic rings. The number of carbonyl (C=O) groups is 2. The van der Waals surface area contributed by atoms with Crippen LogP contribution in [-0.4, -0.2) is 49.9 Å². The van der Waals surface area contributed by atoms with Gasteiger partial charge in [0.15, 0.2) is 5.78 Å². The maximum atomic E-state index is 13.1. The molecule has 6 heteroatoms. The van der Waals surface area contributed by atoms with Crippen LogP contribution < -0.4 is 5.73 Å². The zero-order valence-corrected chi connectivity index (χ0v) is 21.3. The molecule has 1 amide bonds. The molecule has 3 atom stereocenters. The molecule has 2 aliphatic carbocycles. The molecule has 1 aliphatic heterocycles. The minimum absolute atomic E-state index is 0.0375. The number of piperidine rings is 1. The Hall–Kier alpha value is -1.79. The zero-order valence-electron chi connectivity index (χ0n) is 21.3. The van der Waals surface area contributed by atoms with E-state index < -0.39 is 0 Å². The molecule has 1 heterocycles. The summed E-state index contributed by atoms with van der Waals surface area (Å²) in [6.07, 6.45) is 11.0. The molecule has 194 valence electrons. The van der Waals surface area contributed by atoms with Crippen molar-refractivity contribution in [1.29, 1.82) is 0 Å². The molecule has 3 unspecified atom stereocenters. The van der Waals surface area contributed by atoms with Gasteiger partial charge >= 0.3 is 0 Å². The molecule has 0 bridgehead atoms. The number of nitrogens with zero attached hydrogens (tertiary/aromatic N) is 1. The van der Waals surface area contributed by atoms with E-state index in [-0.39, 0.29) is 29.3 Å². The van der Waals surface area contributed by atoms with E-state index in [9.17, 15) is 14.0 Å². The van der Waals surface area contributed by atoms with Crippen molar-refractivity contribution in [2.75, 3.05) is 33.4 Å². The minimum Gasteiger partial charge on any atom is -0.384 e. The Kier molecular flexibility index (Phi) is 9.34. The summed E-state index contributed by atoms with van der Waals surface area (Å²) in [6.45, 7) is 3.81. The number of methoxy groups -OCH3 is 1. The average Bonchev–Trinajstić information content (AvgIpc) is 3.32. The van der Waals surface area contributed by atoms with Gasteiger partial charge in [0.1, 0.15) is 5.82 Å². The van der Waals surface area contributed by atoms with Crippen LogP contribution in [0, 0.1) is 41.3 Å². The van der Waals surface area contributed by atoms with Gasteiger partial charge < -0.3 is 15.4 Å². The van der Waals surface area contributed by atoms with Gasteiger partial charge in [-0.2, -0.15) is 0 Å². The molecule has 35 heavy (non-hydrogen) atoms. The molecular formula is C29H43FN2O3. The summed E-state index contributed by atoms with van der Waals surface area (Å²) in [7, 11) is 1.76. The number of Topliss-reactive ketones (excluding diaryl/α,β-unsaturated/α-hetero) is 1. The highest BCUT2D eigenvalue weighted by atomic mass is 19.1. The highest BCUT2D eigenvalue weighted by molar-refractivity contribution is 5.97. The first kappa shape index (κ1) is 26.3. The third-order valence-electron chi connectivity index (χ3n) is 9.16. The predicted molar refractivity (Wildman–Crippen MR) is 135 cm³/mol. The van der Waals surface area contributed by atoms with Crippen LogP contribution in [-0.2, 0) is 9.53 Å². The number of hydrogen-bond acceptors (Lipinski definition) is 4. The fourth-order valence-corrected chi connectivity index (χ4v) is 7.15. The van der Waals surface area contributed by atoms with E-state index in [1.54, 1.807) is 19.2 Å². The normalized spacial score (nSPS) is 29.2. The van der Waals surface area contributed by atoms with E-state index in [1.165, 1.54) is 31.4 Å². The van der Waals surface area contributed by atoms with Gasteiger partial charge in [-0.15, -0.1) is 0 Å². The SMILES string of the molecule is COCC1CCC(C(C(N)=O)C2CCC(CCN3CCC(C(=O)c4ccc(F)cc4)CC3)CC2)C1. The number of carbonyl (C=O) groups excluding carboxylic acids is 2. The van der Waals surface area contributed by atoms with Gasteiger partial charge in [-0.3, -0.25) is 9.59 Å². The third-order valence-corrected chi connectivity index (χ3v) is 9.16. The molecule has 4 rings (SSSR count). The number of benzene rings is 1. The second kappa shape index (κ2) is 12.4. The Morgan fingerprint density at radius 2 is 1.60 bits per heavy atom. The van der Waals surface area contributed by atoms with Crippen LogP contribution in [0.15, 0.2) is 24.3 Å². The Bertz CT molecular complexity index is 829. The standard InChI is InChI=1S/C29H43FN2O3/c1-35-19-21-4-7-25(18-21)27(29(31)34)22-5-2-20(3-6-22)12-15-32-16-13-24(14-17-32)28(33)23-8-10-26(30)11-9-23/h8-11,20-22,24-25,27H,2-7,12-19H2,1H3,(H2,31,34). The molecule has 0 aromatic heterocycles. The van der Waals surface area contributed by atoms with E-state index in [0.29, 0.717) is 23.3 Å². The van der Waals surface area contributed by atoms with Crippen LogP contribution in [0.5, 0.6) is 0 Å². The second-order valence-corrected chi connectivity index (χ2v) is 11.4. The first-order valence-electron chi connectivity index (χ1n) is 13.7. The summed E-state index contributed by atoms with van der Waals surface area (Å²) in [6, 6.07) is 5.95. The van der Waals surface area contributed by atoms with Gasteiger partial charge in [-0.1, -0.05) is 12.8 Å². The fourth-order valence-electron chi connectivity index (χ4n) is 7.15. The second-order valence-electron chi connectivity index (χ2n) is 11.4. The first-order chi connectivity index (χ1) is 16.9. The number of ketones is 1. The number of ether oxygens (including phenoxy) is 1. The quantitative estimate of drug-likeness (QED) is 0.468. The van der Waals surface area contributed by atoms with Crippen LogP contribution in [0.2, 0.25) is 0 Å². The lowest BCUT2D eigenvalue weighted by molar-refractivity contribution is -0.126. The van der Waals surface area contributed by atoms with Crippen LogP contribution in [0.3, 0.4) is 0 Å². The smallest absolute Gasteiger partial charge is 0.221 e. The van der Waals surface area contributed by atoms with Gasteiger partial charge in [0, 0.05) is 31.1 Å². The molecular weight excluding hydrogens is 443 g/mol. The molecule has 1 saturated heterocycles. The van der Waals surface area contributed by atoms with Gasteiger partial charge in [0.2, 0.25) is 5.91 Å². The van der Waals surface area contributed by atoms with E-state index in [0.717, 1.165) is 77.1 Å². The molecule has 0 radical (unpaired) electrons. The third kappa shape index (κ3) is 6.91. The maximum Gasteiger partial charge on any atom is 0.221 e. The van der Waals surface area contributed by atoms with Crippen molar-refractivity contribution in [3.63, 3.8) is 0 Å². The lowest BCUT2D eigenvalue weighted by Crippen LogP contribution is -2.39. The van der Waals surface area contributed by atoms with Crippen molar-refractivity contribution in [3.05, 3.63) is 35.6 Å². The van der Waals surface area contributed by atoms with Crippen molar-refractivity contribution in [1.82, 2.24) is 4.90 Å². The van der Waals surface area contributed by atoms with E-state index in [1.807, 2.05) is 0 Å². The molecule has 1 aromatic carbocycles. The summed E-state index contributed by atoms with van der Waals surface area (Å²) < 4.78 is 18.5. The number of hydrogen-bond donors (Lipinski definition) is 1. The van der Waals surface area contributed by atoms with Crippen molar-refractivity contribution < 1.29 is 18.7 Å². The number of rotatable bonds is 10. The van der Waals surface area contributed by atoms with Crippen molar-refractivity contribution >= 4 is 11.7 Å². The van der Waals surface area contributed by atoms with E-state index >= 15 is 0 Å². The topological polar surface area (TPSA) is 72.6 Å². The zero-order chi connectivity index (χ0) is 24.8. The number of amides is 1. The Balaban J connectivity index is 1.17. The van der Waals surface area contributed by atoms with Crippen LogP contribution in [0.1, 0.15) is 74.6 Å². The monoisotopic (exact) mass is 486 g/mol. The van der Waals surface area contributed by atoms with Crippen molar-refractivity contribution in [3.8, 4) is 0 Å². The highest BCUT2D eigenvalue weighted by Gasteiger charge is 2.39. The van der Waals surface area contributed by atoms with Gasteiger partial charge in [0.05, 0.1) is 0 Å². The summed E-state index contributed by atoms with van der Waals surface area (Å²) >= 11 is 0. The minimum atomic E-state index is -0.301. The average molecular weight is 487 g/mol. The lowest BCUT2D eigenvalue weighted by atomic mass is 9.70. The summed E-state index contributed by atoms with van der Waals surface area (Å²) in [5.41, 5.74) is 6.54. The van der Waals surface area contributed by atoms with Crippen molar-refractivity contribution in [2.45, 2.75) is 64.2 Å². The van der Waals surface area contributed by atoms with E-state index in [4.69, 9.17) is 10.5 Å². The summed E-state index contributed by atoms with van der Waals surface area (Å²) in [4.78, 5) is 27.6. The lowest BCUT2D eigenvalue weighted by Gasteiger charge is -2.37. The largest absolute Gasteiger partial charge is 0.384 e. The Morgan fingerprint density at radius 3 is 2.23 bits per heavy atom. The predicted octanol–water partition coefficient (Wildman–Crippen LogP) is 5.08. The number of nitrogens with two attached hydrogens (primary N) is 1. The number of primary amides is 1. The van der Waals surface area contributed by atoms with Gasteiger partial charge in [0.25, 0.3) is 0 Å². The molecule has 2 N–H and O–H groups in total. The maximum absolute atomic E-state index is 13.1. The molecule has 0 spiro atoms. The molecule has 5 nitrogen and oxygen atoms in total. The van der Waals surface area contributed by atoms with Crippen LogP contribution >= 0.6 is 0 Å². The van der Waals surface area contributed by atoms with Gasteiger partial charge in [-0.05, 0) is 119 Å². The summed E-state index contributed by atoms with van der Waals surface area (Å²) in [5.74, 6) is 2.05. The summed E-state index contributed by atoms with van der Waals surface area (Å²) in [5, 5.41) is 0. The number of halogens is 1. The molecule has 2 saturated carbocycles. The highest BCUT2D eigenvalue weighted by Crippen LogP contribution is 2.44. The first-order valence-corrected chi connectivity index (χ1v) is 13.7. The molecule has 3 aliphatic rings. The fraction of sp³-hybridized carbons (Fsp3) is 0.724. The van der Waals surface area contributed by atoms with Crippen molar-refractivity contribution in [2.24, 2.45) is 41.2 Å². The van der Waals surface area contributed by atoms with Crippen LogP contribution in [0.4, 0.5) is 4.39 Å². The van der Waals surface area contributed by atoms with E-state index in [2.05, 4.69) is 4.90 Å².